The average Bonchev–Trinajstić information content (AvgIpc) is 2.34. The zero-order chi connectivity index (χ0) is 13.1. The van der Waals surface area contributed by atoms with Crippen molar-refractivity contribution in [3.05, 3.63) is 46.8 Å². The fourth-order valence-corrected chi connectivity index (χ4v) is 1.61. The average molecular weight is 245 g/mol. The molecule has 0 saturated heterocycles. The molecule has 1 N–H and O–H groups in total. The van der Waals surface area contributed by atoms with E-state index in [2.05, 4.69) is 9.97 Å². The van der Waals surface area contributed by atoms with Gasteiger partial charge in [-0.3, -0.25) is 19.1 Å². The minimum Gasteiger partial charge on any atom is -0.480 e. The highest BCUT2D eigenvalue weighted by molar-refractivity contribution is 5.66. The number of rotatable bonds is 3. The first-order valence-electron chi connectivity index (χ1n) is 5.28. The molecule has 2 heterocycles. The van der Waals surface area contributed by atoms with Crippen molar-refractivity contribution >= 4 is 5.97 Å². The number of nitrogens with zero attached hydrogens (tertiary/aromatic N) is 3. The van der Waals surface area contributed by atoms with Crippen LogP contribution in [0, 0.1) is 6.92 Å². The summed E-state index contributed by atoms with van der Waals surface area (Å²) < 4.78 is 1.11. The maximum atomic E-state index is 11.8. The number of hydrogen-bond donors (Lipinski definition) is 1. The number of aryl methyl sites for hydroxylation is 1. The largest absolute Gasteiger partial charge is 0.480 e. The Kier molecular flexibility index (Phi) is 3.18. The summed E-state index contributed by atoms with van der Waals surface area (Å²) in [5.41, 5.74) is 0.830. The van der Waals surface area contributed by atoms with Crippen LogP contribution in [-0.2, 0) is 11.3 Å². The molecule has 0 bridgehead atoms. The second-order valence-electron chi connectivity index (χ2n) is 3.75. The van der Waals surface area contributed by atoms with Gasteiger partial charge >= 0.3 is 5.97 Å². The number of carbonyl (C=O) groups is 1. The minimum absolute atomic E-state index is 0.365. The molecule has 92 valence electrons. The summed E-state index contributed by atoms with van der Waals surface area (Å²) in [4.78, 5) is 30.6. The van der Waals surface area contributed by atoms with E-state index in [4.69, 9.17) is 5.11 Å². The molecule has 0 spiro atoms. The van der Waals surface area contributed by atoms with E-state index in [1.165, 1.54) is 6.07 Å². The Balaban J connectivity index is 2.49. The van der Waals surface area contributed by atoms with Gasteiger partial charge in [0.05, 0.1) is 5.69 Å². The molecule has 0 amide bonds. The number of carboxylic acid groups (broad SMARTS) is 1. The van der Waals surface area contributed by atoms with Gasteiger partial charge in [-0.05, 0) is 19.1 Å². The van der Waals surface area contributed by atoms with Crippen LogP contribution in [0.25, 0.3) is 11.3 Å². The smallest absolute Gasteiger partial charge is 0.323 e. The van der Waals surface area contributed by atoms with E-state index in [-0.39, 0.29) is 12.1 Å². The van der Waals surface area contributed by atoms with Crippen molar-refractivity contribution < 1.29 is 9.90 Å². The van der Waals surface area contributed by atoms with Gasteiger partial charge in [-0.15, -0.1) is 0 Å². The van der Waals surface area contributed by atoms with Crippen molar-refractivity contribution in [1.82, 2.24) is 14.5 Å². The van der Waals surface area contributed by atoms with Gasteiger partial charge in [-0.1, -0.05) is 0 Å². The summed E-state index contributed by atoms with van der Waals surface area (Å²) in [6.45, 7) is 1.22. The van der Waals surface area contributed by atoms with Crippen LogP contribution in [0.15, 0.2) is 35.4 Å². The summed E-state index contributed by atoms with van der Waals surface area (Å²) in [5, 5.41) is 8.70. The molecule has 0 unspecified atom stereocenters. The Labute approximate surface area is 103 Å². The topological polar surface area (TPSA) is 85.1 Å². The van der Waals surface area contributed by atoms with Crippen LogP contribution in [-0.4, -0.2) is 25.6 Å². The van der Waals surface area contributed by atoms with Gasteiger partial charge in [0.15, 0.2) is 0 Å². The summed E-state index contributed by atoms with van der Waals surface area (Å²) >= 11 is 0. The van der Waals surface area contributed by atoms with Crippen LogP contribution in [0.4, 0.5) is 0 Å². The van der Waals surface area contributed by atoms with E-state index in [0.29, 0.717) is 11.5 Å². The number of pyridine rings is 1. The minimum atomic E-state index is -1.07. The number of carboxylic acids is 1. The van der Waals surface area contributed by atoms with E-state index in [1.807, 2.05) is 0 Å². The summed E-state index contributed by atoms with van der Waals surface area (Å²) in [5.74, 6) is -0.708. The van der Waals surface area contributed by atoms with Gasteiger partial charge < -0.3 is 5.11 Å². The predicted molar refractivity (Wildman–Crippen MR) is 64.1 cm³/mol. The molecule has 0 radical (unpaired) electrons. The molecule has 2 rings (SSSR count). The summed E-state index contributed by atoms with van der Waals surface area (Å²) in [7, 11) is 0. The first kappa shape index (κ1) is 12.0. The molecule has 0 aliphatic carbocycles. The highest BCUT2D eigenvalue weighted by Gasteiger charge is 2.09. The lowest BCUT2D eigenvalue weighted by Gasteiger charge is -2.08. The Hall–Kier alpha value is -2.50. The molecular formula is C12H11N3O3. The molecule has 18 heavy (non-hydrogen) atoms. The zero-order valence-corrected chi connectivity index (χ0v) is 9.70. The van der Waals surface area contributed by atoms with Crippen LogP contribution >= 0.6 is 0 Å². The lowest BCUT2D eigenvalue weighted by molar-refractivity contribution is -0.137. The van der Waals surface area contributed by atoms with Crippen molar-refractivity contribution in [2.24, 2.45) is 0 Å². The third-order valence-electron chi connectivity index (χ3n) is 2.45. The molecule has 0 atom stereocenters. The molecule has 0 aromatic carbocycles. The number of aromatic nitrogens is 3. The van der Waals surface area contributed by atoms with Crippen LogP contribution in [0.2, 0.25) is 0 Å². The summed E-state index contributed by atoms with van der Waals surface area (Å²) in [6, 6.07) is 4.85. The van der Waals surface area contributed by atoms with Crippen LogP contribution in [0.5, 0.6) is 0 Å². The molecular weight excluding hydrogens is 234 g/mol. The Morgan fingerprint density at radius 3 is 2.83 bits per heavy atom. The molecule has 0 fully saturated rings. The third kappa shape index (κ3) is 2.42. The van der Waals surface area contributed by atoms with Crippen molar-refractivity contribution in [3.8, 4) is 11.3 Å². The summed E-state index contributed by atoms with van der Waals surface area (Å²) in [6.07, 6.45) is 3.23. The highest BCUT2D eigenvalue weighted by atomic mass is 16.4. The van der Waals surface area contributed by atoms with E-state index in [0.717, 1.165) is 10.1 Å². The maximum Gasteiger partial charge on any atom is 0.323 e. The fourth-order valence-electron chi connectivity index (χ4n) is 1.61. The van der Waals surface area contributed by atoms with Crippen LogP contribution in [0.3, 0.4) is 0 Å². The van der Waals surface area contributed by atoms with Gasteiger partial charge in [0.25, 0.3) is 5.56 Å². The monoisotopic (exact) mass is 245 g/mol. The standard InChI is InChI=1S/C12H11N3O3/c1-8-14-10(9-3-2-4-13-6-9)5-11(16)15(8)7-12(17)18/h2-6H,7H2,1H3,(H,17,18). The van der Waals surface area contributed by atoms with Crippen molar-refractivity contribution in [2.75, 3.05) is 0 Å². The van der Waals surface area contributed by atoms with Gasteiger partial charge in [0.2, 0.25) is 0 Å². The van der Waals surface area contributed by atoms with E-state index in [1.54, 1.807) is 31.5 Å². The highest BCUT2D eigenvalue weighted by Crippen LogP contribution is 2.13. The first-order valence-corrected chi connectivity index (χ1v) is 5.28. The molecule has 0 aliphatic heterocycles. The van der Waals surface area contributed by atoms with Crippen LogP contribution in [0.1, 0.15) is 5.82 Å². The normalized spacial score (nSPS) is 10.3. The van der Waals surface area contributed by atoms with Gasteiger partial charge in [0, 0.05) is 24.0 Å². The fraction of sp³-hybridized carbons (Fsp3) is 0.167. The van der Waals surface area contributed by atoms with Crippen LogP contribution < -0.4 is 5.56 Å². The molecule has 0 aliphatic rings. The Morgan fingerprint density at radius 2 is 2.28 bits per heavy atom. The van der Waals surface area contributed by atoms with Crippen molar-refractivity contribution in [1.29, 1.82) is 0 Å². The van der Waals surface area contributed by atoms with E-state index < -0.39 is 5.97 Å². The Bertz CT molecular complexity index is 635. The van der Waals surface area contributed by atoms with E-state index >= 15 is 0 Å². The van der Waals surface area contributed by atoms with Gasteiger partial charge in [-0.2, -0.15) is 0 Å². The zero-order valence-electron chi connectivity index (χ0n) is 9.70. The molecule has 2 aromatic rings. The quantitative estimate of drug-likeness (QED) is 0.860. The molecule has 6 nitrogen and oxygen atoms in total. The molecule has 0 saturated carbocycles. The third-order valence-corrected chi connectivity index (χ3v) is 2.45. The van der Waals surface area contributed by atoms with Gasteiger partial charge in [0.1, 0.15) is 12.4 Å². The van der Waals surface area contributed by atoms with Crippen molar-refractivity contribution in [2.45, 2.75) is 13.5 Å². The Morgan fingerprint density at radius 1 is 1.50 bits per heavy atom. The number of hydrogen-bond acceptors (Lipinski definition) is 4. The lowest BCUT2D eigenvalue weighted by atomic mass is 10.2. The SMILES string of the molecule is Cc1nc(-c2cccnc2)cc(=O)n1CC(=O)O. The predicted octanol–water partition coefficient (Wildman–Crippen LogP) is 0.698. The maximum absolute atomic E-state index is 11.8. The second kappa shape index (κ2) is 4.79. The van der Waals surface area contributed by atoms with E-state index in [9.17, 15) is 9.59 Å². The van der Waals surface area contributed by atoms with Gasteiger partial charge in [-0.25, -0.2) is 4.98 Å². The first-order chi connectivity index (χ1) is 8.58. The molecule has 6 heteroatoms. The lowest BCUT2D eigenvalue weighted by Crippen LogP contribution is -2.26. The number of aliphatic carboxylic acids is 1. The molecule has 2 aromatic heterocycles. The van der Waals surface area contributed by atoms with Crippen molar-refractivity contribution in [3.63, 3.8) is 0 Å². The second-order valence-corrected chi connectivity index (χ2v) is 3.75.